The first kappa shape index (κ1) is 15.2. The molecule has 6 heteroatoms. The maximum Gasteiger partial charge on any atom is 0.250 e. The number of nitrogens with one attached hydrogen (secondary N) is 1. The Bertz CT molecular complexity index is 619. The molecule has 1 N–H and O–H groups in total. The van der Waals surface area contributed by atoms with Crippen LogP contribution in [0.15, 0.2) is 42.0 Å². The molecule has 5 nitrogen and oxygen atoms in total. The van der Waals surface area contributed by atoms with Crippen molar-refractivity contribution < 1.29 is 9.53 Å². The van der Waals surface area contributed by atoms with Crippen LogP contribution in [0.5, 0.6) is 5.75 Å². The number of para-hydroxylation sites is 1. The van der Waals surface area contributed by atoms with E-state index in [1.54, 1.807) is 0 Å². The fraction of sp³-hybridized carbons (Fsp3) is 0.267. The van der Waals surface area contributed by atoms with Crippen LogP contribution in [0.25, 0.3) is 0 Å². The maximum absolute atomic E-state index is 11.6. The summed E-state index contributed by atoms with van der Waals surface area (Å²) < 4.78 is 5.59. The highest BCUT2D eigenvalue weighted by Crippen LogP contribution is 2.16. The Morgan fingerprint density at radius 2 is 2.05 bits per heavy atom. The molecule has 1 aromatic carbocycles. The molecule has 0 radical (unpaired) electrons. The van der Waals surface area contributed by atoms with Crippen LogP contribution in [0.1, 0.15) is 18.9 Å². The van der Waals surface area contributed by atoms with Gasteiger partial charge in [-0.2, -0.15) is 0 Å². The zero-order valence-corrected chi connectivity index (χ0v) is 12.8. The minimum atomic E-state index is -0.182. The molecule has 2 aromatic rings. The summed E-state index contributed by atoms with van der Waals surface area (Å²) in [7, 11) is 0. The van der Waals surface area contributed by atoms with E-state index in [9.17, 15) is 4.79 Å². The third kappa shape index (κ3) is 5.35. The van der Waals surface area contributed by atoms with Crippen LogP contribution in [0.4, 0.5) is 5.13 Å². The Balaban J connectivity index is 1.80. The Morgan fingerprint density at radius 1 is 1.29 bits per heavy atom. The van der Waals surface area contributed by atoms with Crippen molar-refractivity contribution in [2.75, 3.05) is 11.9 Å². The third-order valence-electron chi connectivity index (χ3n) is 2.44. The molecule has 0 bridgehead atoms. The predicted molar refractivity (Wildman–Crippen MR) is 83.6 cm³/mol. The van der Waals surface area contributed by atoms with Crippen molar-refractivity contribution in [3.05, 3.63) is 47.0 Å². The molecule has 0 saturated carbocycles. The summed E-state index contributed by atoms with van der Waals surface area (Å²) in [5, 5.41) is 12.0. The van der Waals surface area contributed by atoms with Gasteiger partial charge in [0.1, 0.15) is 10.8 Å². The molecule has 1 amide bonds. The highest BCUT2D eigenvalue weighted by molar-refractivity contribution is 7.15. The summed E-state index contributed by atoms with van der Waals surface area (Å²) in [6, 6.07) is 9.61. The Labute approximate surface area is 127 Å². The van der Waals surface area contributed by atoms with Gasteiger partial charge in [-0.15, -0.1) is 10.2 Å². The lowest BCUT2D eigenvalue weighted by Gasteiger charge is -2.03. The van der Waals surface area contributed by atoms with Gasteiger partial charge in [0.05, 0.1) is 6.61 Å². The molecular formula is C15H17N3O2S. The molecule has 0 spiro atoms. The SMILES string of the molecule is CC(C)=CC(=O)Nc1nnc(CCOc2ccccc2)s1. The van der Waals surface area contributed by atoms with Gasteiger partial charge in [0.25, 0.3) is 0 Å². The second kappa shape index (κ2) is 7.54. The molecule has 21 heavy (non-hydrogen) atoms. The summed E-state index contributed by atoms with van der Waals surface area (Å²) in [5.41, 5.74) is 0.938. The number of hydrogen-bond acceptors (Lipinski definition) is 5. The van der Waals surface area contributed by atoms with Crippen LogP contribution in [-0.4, -0.2) is 22.7 Å². The van der Waals surface area contributed by atoms with Gasteiger partial charge in [-0.25, -0.2) is 0 Å². The average Bonchev–Trinajstić information content (AvgIpc) is 2.86. The molecule has 0 aliphatic rings. The minimum Gasteiger partial charge on any atom is -0.493 e. The summed E-state index contributed by atoms with van der Waals surface area (Å²) in [5.74, 6) is 0.650. The maximum atomic E-state index is 11.6. The molecule has 0 unspecified atom stereocenters. The van der Waals surface area contributed by atoms with E-state index in [1.807, 2.05) is 44.2 Å². The van der Waals surface area contributed by atoms with Gasteiger partial charge in [0.2, 0.25) is 11.0 Å². The van der Waals surface area contributed by atoms with Crippen molar-refractivity contribution in [2.45, 2.75) is 20.3 Å². The molecule has 110 valence electrons. The topological polar surface area (TPSA) is 64.1 Å². The Hall–Kier alpha value is -2.21. The lowest BCUT2D eigenvalue weighted by Crippen LogP contribution is -2.07. The predicted octanol–water partition coefficient (Wildman–Crippen LogP) is 3.06. The van der Waals surface area contributed by atoms with Gasteiger partial charge in [0.15, 0.2) is 0 Å². The molecular weight excluding hydrogens is 286 g/mol. The standard InChI is InChI=1S/C15H17N3O2S/c1-11(2)10-13(19)16-15-18-17-14(21-15)8-9-20-12-6-4-3-5-7-12/h3-7,10H,8-9H2,1-2H3,(H,16,18,19). The van der Waals surface area contributed by atoms with Crippen molar-refractivity contribution in [1.82, 2.24) is 10.2 Å². The fourth-order valence-corrected chi connectivity index (χ4v) is 2.31. The monoisotopic (exact) mass is 303 g/mol. The van der Waals surface area contributed by atoms with E-state index in [2.05, 4.69) is 15.5 Å². The molecule has 0 atom stereocenters. The van der Waals surface area contributed by atoms with Crippen molar-refractivity contribution in [1.29, 1.82) is 0 Å². The number of carbonyl (C=O) groups excluding carboxylic acids is 1. The van der Waals surface area contributed by atoms with E-state index in [1.165, 1.54) is 17.4 Å². The second-order valence-electron chi connectivity index (χ2n) is 4.62. The summed E-state index contributed by atoms with van der Waals surface area (Å²) >= 11 is 1.36. The number of hydrogen-bond donors (Lipinski definition) is 1. The van der Waals surface area contributed by atoms with E-state index >= 15 is 0 Å². The lowest BCUT2D eigenvalue weighted by molar-refractivity contribution is -0.111. The van der Waals surface area contributed by atoms with Crippen LogP contribution < -0.4 is 10.1 Å². The minimum absolute atomic E-state index is 0.182. The molecule has 1 aromatic heterocycles. The van der Waals surface area contributed by atoms with Crippen molar-refractivity contribution in [3.63, 3.8) is 0 Å². The van der Waals surface area contributed by atoms with Gasteiger partial charge in [-0.1, -0.05) is 35.1 Å². The Kier molecular flexibility index (Phi) is 5.45. The van der Waals surface area contributed by atoms with Crippen LogP contribution in [0, 0.1) is 0 Å². The van der Waals surface area contributed by atoms with Gasteiger partial charge in [-0.05, 0) is 26.0 Å². The number of anilines is 1. The van der Waals surface area contributed by atoms with E-state index in [0.717, 1.165) is 16.3 Å². The summed E-state index contributed by atoms with van der Waals surface area (Å²) in [6.07, 6.45) is 2.19. The number of nitrogens with zero attached hydrogens (tertiary/aromatic N) is 2. The number of aromatic nitrogens is 2. The first-order valence-corrected chi connectivity index (χ1v) is 7.41. The van der Waals surface area contributed by atoms with Gasteiger partial charge >= 0.3 is 0 Å². The smallest absolute Gasteiger partial charge is 0.250 e. The van der Waals surface area contributed by atoms with E-state index in [-0.39, 0.29) is 5.91 Å². The molecule has 0 aliphatic heterocycles. The summed E-state index contributed by atoms with van der Waals surface area (Å²) in [4.78, 5) is 11.6. The van der Waals surface area contributed by atoms with Crippen molar-refractivity contribution >= 4 is 22.4 Å². The second-order valence-corrected chi connectivity index (χ2v) is 5.69. The molecule has 0 fully saturated rings. The fourth-order valence-electron chi connectivity index (χ4n) is 1.58. The van der Waals surface area contributed by atoms with E-state index in [0.29, 0.717) is 18.2 Å². The van der Waals surface area contributed by atoms with Crippen LogP contribution in [0.2, 0.25) is 0 Å². The van der Waals surface area contributed by atoms with Gasteiger partial charge in [0, 0.05) is 12.5 Å². The molecule has 0 aliphatic carbocycles. The number of amides is 1. The number of allylic oxidation sites excluding steroid dienone is 1. The van der Waals surface area contributed by atoms with Crippen molar-refractivity contribution in [2.24, 2.45) is 0 Å². The molecule has 0 saturated heterocycles. The normalized spacial score (nSPS) is 10.0. The quantitative estimate of drug-likeness (QED) is 0.833. The molecule has 1 heterocycles. The number of benzene rings is 1. The van der Waals surface area contributed by atoms with Crippen molar-refractivity contribution in [3.8, 4) is 5.75 Å². The average molecular weight is 303 g/mol. The largest absolute Gasteiger partial charge is 0.493 e. The van der Waals surface area contributed by atoms with Gasteiger partial charge < -0.3 is 4.74 Å². The zero-order valence-electron chi connectivity index (χ0n) is 12.0. The van der Waals surface area contributed by atoms with E-state index < -0.39 is 0 Å². The summed E-state index contributed by atoms with van der Waals surface area (Å²) in [6.45, 7) is 4.26. The van der Waals surface area contributed by atoms with Crippen LogP contribution >= 0.6 is 11.3 Å². The van der Waals surface area contributed by atoms with Crippen LogP contribution in [0.3, 0.4) is 0 Å². The highest BCUT2D eigenvalue weighted by Gasteiger charge is 2.06. The lowest BCUT2D eigenvalue weighted by atomic mass is 10.3. The number of ether oxygens (including phenoxy) is 1. The number of carbonyl (C=O) groups is 1. The van der Waals surface area contributed by atoms with E-state index in [4.69, 9.17) is 4.74 Å². The highest BCUT2D eigenvalue weighted by atomic mass is 32.1. The van der Waals surface area contributed by atoms with Crippen LogP contribution in [-0.2, 0) is 11.2 Å². The Morgan fingerprint density at radius 3 is 2.76 bits per heavy atom. The number of rotatable bonds is 6. The van der Waals surface area contributed by atoms with Gasteiger partial charge in [-0.3, -0.25) is 10.1 Å². The third-order valence-corrected chi connectivity index (χ3v) is 3.34. The first-order valence-electron chi connectivity index (χ1n) is 6.59. The zero-order chi connectivity index (χ0) is 15.1. The first-order chi connectivity index (χ1) is 10.1. The molecule has 2 rings (SSSR count).